The first-order valence-electron chi connectivity index (χ1n) is 7.74. The Kier molecular flexibility index (Phi) is 6.43. The van der Waals surface area contributed by atoms with Crippen LogP contribution >= 0.6 is 0 Å². The molecular weight excluding hydrogens is 497 g/mol. The van der Waals surface area contributed by atoms with Gasteiger partial charge in [0, 0.05) is 13.1 Å². The van der Waals surface area contributed by atoms with Crippen LogP contribution in [0.3, 0.4) is 0 Å². The van der Waals surface area contributed by atoms with Crippen molar-refractivity contribution in [3.8, 4) is 0 Å². The van der Waals surface area contributed by atoms with Crippen LogP contribution in [0.15, 0.2) is 24.3 Å². The van der Waals surface area contributed by atoms with Gasteiger partial charge in [-0.05, 0) is 6.07 Å². The Balaban J connectivity index is 0.00000512. The maximum atomic E-state index is 14.8. The Labute approximate surface area is 174 Å². The number of benzene rings is 1. The maximum absolute atomic E-state index is 14.8. The number of nitrogens with zero attached hydrogens (tertiary/aromatic N) is 2. The van der Waals surface area contributed by atoms with E-state index < -0.39 is 61.6 Å². The molecule has 0 radical (unpaired) electrons. The zero-order valence-corrected chi connectivity index (χ0v) is 15.9. The van der Waals surface area contributed by atoms with E-state index in [4.69, 9.17) is 0 Å². The third-order valence-electron chi connectivity index (χ3n) is 4.93. The van der Waals surface area contributed by atoms with Crippen molar-refractivity contribution in [2.24, 2.45) is 0 Å². The molecule has 2 unspecified atom stereocenters. The van der Waals surface area contributed by atoms with Crippen molar-refractivity contribution in [2.75, 3.05) is 19.0 Å². The van der Waals surface area contributed by atoms with E-state index in [-0.39, 0.29) is 19.4 Å². The van der Waals surface area contributed by atoms with Crippen molar-refractivity contribution in [1.82, 2.24) is 3.89 Å². The van der Waals surface area contributed by atoms with Crippen LogP contribution in [0, 0.1) is 0 Å². The summed E-state index contributed by atoms with van der Waals surface area (Å²) in [6.45, 7) is 0. The highest BCUT2D eigenvalue weighted by atomic mass is 32.2. The Morgan fingerprint density at radius 2 is 1.31 bits per heavy atom. The zero-order chi connectivity index (χ0) is 24.6. The molecule has 1 aromatic carbocycles. The standard InChI is InChI=1S/C14H11F11N2O3S.CH4/c1-26-7-5-3-4-6-8(7)27(2,31(28,29)30)9(26)10(15,16)11(17,18)12(19,20)13(21,22)14(23,24)25;/h3-6,9H,1-2H3;1H4. The first-order valence-corrected chi connectivity index (χ1v) is 9.10. The Morgan fingerprint density at radius 3 is 1.72 bits per heavy atom. The second-order valence-electron chi connectivity index (χ2n) is 6.74. The van der Waals surface area contributed by atoms with Gasteiger partial charge in [-0.3, -0.25) is 0 Å². The van der Waals surface area contributed by atoms with E-state index in [1.165, 1.54) is 0 Å². The van der Waals surface area contributed by atoms with Crippen molar-refractivity contribution in [2.45, 2.75) is 43.5 Å². The van der Waals surface area contributed by atoms with Gasteiger partial charge in [0.1, 0.15) is 5.69 Å². The second kappa shape index (κ2) is 7.31. The Bertz CT molecular complexity index is 981. The lowest BCUT2D eigenvalue weighted by Crippen LogP contribution is -2.75. The molecule has 186 valence electrons. The van der Waals surface area contributed by atoms with Gasteiger partial charge in [0.2, 0.25) is 0 Å². The minimum Gasteiger partial charge on any atom is -0.701 e. The molecule has 0 saturated carbocycles. The van der Waals surface area contributed by atoms with Crippen molar-refractivity contribution >= 4 is 21.7 Å². The molecule has 1 aliphatic rings. The lowest BCUT2D eigenvalue weighted by atomic mass is 9.95. The van der Waals surface area contributed by atoms with Gasteiger partial charge >= 0.3 is 29.9 Å². The highest BCUT2D eigenvalue weighted by molar-refractivity contribution is 7.85. The summed E-state index contributed by atoms with van der Waals surface area (Å²) in [5.74, 6) is -29.5. The summed E-state index contributed by atoms with van der Waals surface area (Å²) in [6.07, 6.45) is -11.2. The van der Waals surface area contributed by atoms with Crippen molar-refractivity contribution in [3.63, 3.8) is 0 Å². The summed E-state index contributed by atoms with van der Waals surface area (Å²) >= 11 is 0. The minimum atomic E-state index is -7.74. The molecule has 2 rings (SSSR count). The topological polar surface area (TPSA) is 60.4 Å². The normalized spacial score (nSPS) is 23.1. The monoisotopic (exact) mass is 512 g/mol. The molecule has 0 aliphatic carbocycles. The number of alkyl halides is 11. The highest BCUT2D eigenvalue weighted by Crippen LogP contribution is 2.61. The first kappa shape index (κ1) is 28.2. The van der Waals surface area contributed by atoms with Crippen LogP contribution in [0.5, 0.6) is 0 Å². The molecule has 0 amide bonds. The van der Waals surface area contributed by atoms with E-state index >= 15 is 0 Å². The molecule has 17 heteroatoms. The minimum absolute atomic E-state index is 0. The van der Waals surface area contributed by atoms with Crippen LogP contribution < -0.4 is 8.79 Å². The van der Waals surface area contributed by atoms with Gasteiger partial charge in [-0.25, -0.2) is 0 Å². The predicted octanol–water partition coefficient (Wildman–Crippen LogP) is 4.60. The van der Waals surface area contributed by atoms with Crippen LogP contribution in [0.1, 0.15) is 7.43 Å². The van der Waals surface area contributed by atoms with Crippen LogP contribution in [0.25, 0.3) is 0 Å². The van der Waals surface area contributed by atoms with Gasteiger partial charge in [0.25, 0.3) is 16.5 Å². The van der Waals surface area contributed by atoms with E-state index in [9.17, 15) is 61.3 Å². The number of fused-ring (bicyclic) bond motifs is 1. The number of hydrogen-bond acceptors (Lipinski definition) is 4. The average Bonchev–Trinajstić information content (AvgIpc) is 2.82. The first-order chi connectivity index (χ1) is 13.5. The fraction of sp³-hybridized carbons (Fsp3) is 0.600. The Hall–Kier alpha value is -1.88. The molecule has 1 heterocycles. The number of hydrogen-bond donors (Lipinski definition) is 0. The number of rotatable bonds is 5. The summed E-state index contributed by atoms with van der Waals surface area (Å²) in [5, 5.41) is 0. The lowest BCUT2D eigenvalue weighted by Gasteiger charge is -2.45. The molecule has 0 aromatic heterocycles. The highest BCUT2D eigenvalue weighted by Gasteiger charge is 2.90. The van der Waals surface area contributed by atoms with E-state index in [0.29, 0.717) is 13.1 Å². The van der Waals surface area contributed by atoms with Gasteiger partial charge in [-0.15, -0.1) is 0 Å². The second-order valence-corrected chi connectivity index (χ2v) is 8.35. The van der Waals surface area contributed by atoms with Gasteiger partial charge < -0.3 is 9.45 Å². The largest absolute Gasteiger partial charge is 0.701 e. The molecule has 32 heavy (non-hydrogen) atoms. The van der Waals surface area contributed by atoms with Crippen LogP contribution in [0.2, 0.25) is 0 Å². The average molecular weight is 512 g/mol. The van der Waals surface area contributed by atoms with Gasteiger partial charge in [-0.2, -0.15) is 60.6 Å². The Morgan fingerprint density at radius 1 is 0.875 bits per heavy atom. The van der Waals surface area contributed by atoms with Crippen LogP contribution in [0.4, 0.5) is 59.7 Å². The third-order valence-corrected chi connectivity index (χ3v) is 6.25. The molecule has 1 aromatic rings. The molecule has 0 spiro atoms. The van der Waals surface area contributed by atoms with E-state index in [0.717, 1.165) is 18.2 Å². The zero-order valence-electron chi connectivity index (χ0n) is 15.1. The summed E-state index contributed by atoms with van der Waals surface area (Å²) in [4.78, 5) is -0.0828. The quantitative estimate of drug-likeness (QED) is 0.329. The molecule has 0 N–H and O–H groups in total. The van der Waals surface area contributed by atoms with Crippen molar-refractivity contribution in [3.05, 3.63) is 24.3 Å². The van der Waals surface area contributed by atoms with Gasteiger partial charge in [0.05, 0.1) is 7.05 Å². The molecule has 1 aliphatic heterocycles. The number of halogens is 11. The molecule has 0 saturated heterocycles. The predicted molar refractivity (Wildman–Crippen MR) is 88.6 cm³/mol. The van der Waals surface area contributed by atoms with E-state index in [1.807, 2.05) is 0 Å². The molecule has 0 bridgehead atoms. The SMILES string of the molecule is C.CN1c2ccccc2[N+](C)(S(=O)(=O)[O-])C1C(F)(F)C(F)(F)C(F)(F)C(F)(F)C(F)(F)F. The van der Waals surface area contributed by atoms with Crippen LogP contribution in [-0.2, 0) is 10.3 Å². The fourth-order valence-electron chi connectivity index (χ4n) is 3.27. The third kappa shape index (κ3) is 3.22. The molecule has 0 fully saturated rings. The smallest absolute Gasteiger partial charge is 0.460 e. The summed E-state index contributed by atoms with van der Waals surface area (Å²) in [6, 6.07) is 3.49. The number of quaternary nitrogens is 1. The van der Waals surface area contributed by atoms with Crippen molar-refractivity contribution < 1.29 is 61.3 Å². The van der Waals surface area contributed by atoms with Gasteiger partial charge in [0.15, 0.2) is 5.69 Å². The van der Waals surface area contributed by atoms with Gasteiger partial charge in [-0.1, -0.05) is 19.6 Å². The van der Waals surface area contributed by atoms with E-state index in [2.05, 4.69) is 0 Å². The van der Waals surface area contributed by atoms with E-state index in [1.54, 1.807) is 0 Å². The lowest BCUT2D eigenvalue weighted by molar-refractivity contribution is -0.425. The van der Waals surface area contributed by atoms with Crippen LogP contribution in [-0.4, -0.2) is 63.1 Å². The number of anilines is 1. The maximum Gasteiger partial charge on any atom is 0.460 e. The molecular formula is C15H15F11N2O3S. The summed E-state index contributed by atoms with van der Waals surface area (Å²) < 4.78 is 181. The molecule has 2 atom stereocenters. The number of para-hydroxylation sites is 2. The van der Waals surface area contributed by atoms with Crippen molar-refractivity contribution in [1.29, 1.82) is 0 Å². The summed E-state index contributed by atoms with van der Waals surface area (Å²) in [7, 11) is -5.63. The fourth-order valence-corrected chi connectivity index (χ4v) is 4.19. The summed E-state index contributed by atoms with van der Waals surface area (Å²) in [5.41, 5.74) is -1.60. The molecule has 5 nitrogen and oxygen atoms in total.